The van der Waals surface area contributed by atoms with E-state index in [1.54, 1.807) is 12.1 Å². The Hall–Kier alpha value is -1.33. The Morgan fingerprint density at radius 2 is 1.85 bits per heavy atom. The lowest BCUT2D eigenvalue weighted by molar-refractivity contribution is 0.638. The lowest BCUT2D eigenvalue weighted by Crippen LogP contribution is -1.84. The van der Waals surface area contributed by atoms with Gasteiger partial charge in [-0.3, -0.25) is 0 Å². The summed E-state index contributed by atoms with van der Waals surface area (Å²) >= 11 is 0. The first-order valence-corrected chi connectivity index (χ1v) is 4.39. The van der Waals surface area contributed by atoms with Gasteiger partial charge in [-0.05, 0) is 26.1 Å². The first-order chi connectivity index (χ1) is 6.24. The molecule has 1 aromatic rings. The quantitative estimate of drug-likeness (QED) is 0.561. The minimum absolute atomic E-state index is 0.715. The van der Waals surface area contributed by atoms with Crippen LogP contribution in [0.2, 0.25) is 0 Å². The van der Waals surface area contributed by atoms with Crippen LogP contribution in [0.3, 0.4) is 0 Å². The van der Waals surface area contributed by atoms with Gasteiger partial charge < -0.3 is 4.90 Å². The molecule has 1 heterocycles. The number of nitrogens with zero attached hydrogens (tertiary/aromatic N) is 2. The van der Waals surface area contributed by atoms with Crippen LogP contribution in [-0.4, -0.2) is 24.5 Å². The van der Waals surface area contributed by atoms with Crippen LogP contribution in [0.25, 0.3) is 0 Å². The van der Waals surface area contributed by atoms with E-state index in [-0.39, 0.29) is 0 Å². The molecule has 0 aromatic heterocycles. The molecule has 1 aliphatic rings. The number of benzene rings is 1. The standard InChI is InChI=1S/C7H5N.C4H9N/c8-6-7-4-2-1-3-5-7;1-4-3-5(4)2/h1-5H;4H,3H2,1-2H3. The van der Waals surface area contributed by atoms with Crippen molar-refractivity contribution in [3.63, 3.8) is 0 Å². The molecule has 0 spiro atoms. The van der Waals surface area contributed by atoms with E-state index in [1.807, 2.05) is 24.3 Å². The van der Waals surface area contributed by atoms with Crippen molar-refractivity contribution in [2.24, 2.45) is 0 Å². The number of nitriles is 1. The van der Waals surface area contributed by atoms with Crippen LogP contribution in [0, 0.1) is 11.3 Å². The Bertz CT molecular complexity index is 281. The zero-order chi connectivity index (χ0) is 9.68. The van der Waals surface area contributed by atoms with Gasteiger partial charge in [0.2, 0.25) is 0 Å². The molecular weight excluding hydrogens is 160 g/mol. The van der Waals surface area contributed by atoms with Gasteiger partial charge in [-0.25, -0.2) is 0 Å². The minimum Gasteiger partial charge on any atom is -0.301 e. The van der Waals surface area contributed by atoms with Crippen molar-refractivity contribution < 1.29 is 0 Å². The molecule has 1 fully saturated rings. The predicted molar refractivity (Wildman–Crippen MR) is 53.2 cm³/mol. The van der Waals surface area contributed by atoms with E-state index in [0.29, 0.717) is 5.56 Å². The Labute approximate surface area is 79.4 Å². The zero-order valence-corrected chi connectivity index (χ0v) is 8.07. The van der Waals surface area contributed by atoms with Crippen LogP contribution in [0.5, 0.6) is 0 Å². The van der Waals surface area contributed by atoms with Gasteiger partial charge in [0.05, 0.1) is 11.6 Å². The average Bonchev–Trinajstić information content (AvgIpc) is 2.82. The normalized spacial score (nSPS) is 23.8. The lowest BCUT2D eigenvalue weighted by atomic mass is 10.2. The average molecular weight is 174 g/mol. The molecular formula is C11H14N2. The van der Waals surface area contributed by atoms with Gasteiger partial charge in [0, 0.05) is 12.6 Å². The van der Waals surface area contributed by atoms with E-state index in [2.05, 4.69) is 18.9 Å². The Kier molecular flexibility index (Phi) is 3.48. The molecule has 13 heavy (non-hydrogen) atoms. The summed E-state index contributed by atoms with van der Waals surface area (Å²) in [6.45, 7) is 3.53. The highest BCUT2D eigenvalue weighted by Crippen LogP contribution is 2.09. The molecule has 0 amide bonds. The van der Waals surface area contributed by atoms with Gasteiger partial charge in [-0.2, -0.15) is 5.26 Å². The van der Waals surface area contributed by atoms with Crippen molar-refractivity contribution in [1.82, 2.24) is 4.90 Å². The lowest BCUT2D eigenvalue weighted by Gasteiger charge is -1.80. The molecule has 1 saturated heterocycles. The van der Waals surface area contributed by atoms with E-state index < -0.39 is 0 Å². The molecule has 2 heteroatoms. The molecule has 2 nitrogen and oxygen atoms in total. The molecule has 2 unspecified atom stereocenters. The molecule has 2 atom stereocenters. The molecule has 0 N–H and O–H groups in total. The molecule has 68 valence electrons. The van der Waals surface area contributed by atoms with Crippen molar-refractivity contribution in [2.75, 3.05) is 13.6 Å². The van der Waals surface area contributed by atoms with Gasteiger partial charge >= 0.3 is 0 Å². The highest BCUT2D eigenvalue weighted by atomic mass is 15.3. The van der Waals surface area contributed by atoms with Gasteiger partial charge in [-0.15, -0.1) is 0 Å². The smallest absolute Gasteiger partial charge is 0.0991 e. The first-order valence-electron chi connectivity index (χ1n) is 4.39. The molecule has 1 aliphatic heterocycles. The van der Waals surface area contributed by atoms with Crippen LogP contribution in [0.1, 0.15) is 12.5 Å². The van der Waals surface area contributed by atoms with Gasteiger partial charge in [0.25, 0.3) is 0 Å². The highest BCUT2D eigenvalue weighted by molar-refractivity contribution is 5.27. The SMILES string of the molecule is CC1CN1C.N#Cc1ccccc1. The first kappa shape index (κ1) is 9.76. The maximum absolute atomic E-state index is 8.29. The number of likely N-dealkylation sites (N-methyl/N-ethyl adjacent to an activating group) is 1. The van der Waals surface area contributed by atoms with E-state index in [0.717, 1.165) is 6.04 Å². The predicted octanol–water partition coefficient (Wildman–Crippen LogP) is 1.88. The summed E-state index contributed by atoms with van der Waals surface area (Å²) in [6, 6.07) is 12.0. The van der Waals surface area contributed by atoms with Crippen molar-refractivity contribution >= 4 is 0 Å². The summed E-state index contributed by atoms with van der Waals surface area (Å²) < 4.78 is 0. The minimum atomic E-state index is 0.715. The maximum atomic E-state index is 8.29. The number of rotatable bonds is 0. The van der Waals surface area contributed by atoms with Crippen LogP contribution in [0.4, 0.5) is 0 Å². The fourth-order valence-electron chi connectivity index (χ4n) is 0.882. The van der Waals surface area contributed by atoms with E-state index in [1.165, 1.54) is 6.54 Å². The summed E-state index contributed by atoms with van der Waals surface area (Å²) in [6.07, 6.45) is 0. The third kappa shape index (κ3) is 3.73. The molecule has 0 aliphatic carbocycles. The Balaban J connectivity index is 0.000000145. The third-order valence-corrected chi connectivity index (χ3v) is 2.07. The Morgan fingerprint density at radius 1 is 1.38 bits per heavy atom. The fraction of sp³-hybridized carbons (Fsp3) is 0.364. The van der Waals surface area contributed by atoms with Crippen molar-refractivity contribution in [3.8, 4) is 6.07 Å². The van der Waals surface area contributed by atoms with Crippen LogP contribution in [-0.2, 0) is 0 Å². The van der Waals surface area contributed by atoms with Crippen molar-refractivity contribution in [2.45, 2.75) is 13.0 Å². The second kappa shape index (κ2) is 4.64. The van der Waals surface area contributed by atoms with Crippen LogP contribution in [0.15, 0.2) is 30.3 Å². The second-order valence-electron chi connectivity index (χ2n) is 3.27. The fourth-order valence-corrected chi connectivity index (χ4v) is 0.882. The second-order valence-corrected chi connectivity index (χ2v) is 3.27. The monoisotopic (exact) mass is 174 g/mol. The van der Waals surface area contributed by atoms with Crippen LogP contribution >= 0.6 is 0 Å². The summed E-state index contributed by atoms with van der Waals surface area (Å²) in [5.41, 5.74) is 0.715. The van der Waals surface area contributed by atoms with Gasteiger partial charge in [0.1, 0.15) is 0 Å². The molecule has 0 bridgehead atoms. The van der Waals surface area contributed by atoms with Gasteiger partial charge in [0.15, 0.2) is 0 Å². The molecule has 0 radical (unpaired) electrons. The maximum Gasteiger partial charge on any atom is 0.0991 e. The molecule has 0 saturated carbocycles. The molecule has 2 rings (SSSR count). The summed E-state index contributed by atoms with van der Waals surface area (Å²) in [7, 11) is 2.13. The summed E-state index contributed by atoms with van der Waals surface area (Å²) in [5.74, 6) is 0. The van der Waals surface area contributed by atoms with E-state index in [9.17, 15) is 0 Å². The topological polar surface area (TPSA) is 26.8 Å². The molecule has 1 aromatic carbocycles. The third-order valence-electron chi connectivity index (χ3n) is 2.07. The summed E-state index contributed by atoms with van der Waals surface area (Å²) in [4.78, 5) is 2.29. The van der Waals surface area contributed by atoms with E-state index in [4.69, 9.17) is 5.26 Å². The Morgan fingerprint density at radius 3 is 2.08 bits per heavy atom. The van der Waals surface area contributed by atoms with Crippen molar-refractivity contribution in [1.29, 1.82) is 5.26 Å². The largest absolute Gasteiger partial charge is 0.301 e. The van der Waals surface area contributed by atoms with Gasteiger partial charge in [-0.1, -0.05) is 18.2 Å². The van der Waals surface area contributed by atoms with Crippen LogP contribution < -0.4 is 0 Å². The number of hydrogen-bond donors (Lipinski definition) is 0. The summed E-state index contributed by atoms with van der Waals surface area (Å²) in [5, 5.41) is 8.29. The highest BCUT2D eigenvalue weighted by Gasteiger charge is 2.22. The van der Waals surface area contributed by atoms with Crippen molar-refractivity contribution in [3.05, 3.63) is 35.9 Å². The van der Waals surface area contributed by atoms with E-state index >= 15 is 0 Å². The zero-order valence-electron chi connectivity index (χ0n) is 8.07. The number of hydrogen-bond acceptors (Lipinski definition) is 2.